The molecule has 0 amide bonds. The molecule has 0 radical (unpaired) electrons. The maximum absolute atomic E-state index is 5.82. The molecule has 1 aromatic carbocycles. The van der Waals surface area contributed by atoms with Crippen molar-refractivity contribution in [1.29, 1.82) is 0 Å². The van der Waals surface area contributed by atoms with Crippen LogP contribution >= 0.6 is 11.3 Å². The number of aryl methyl sites for hydroxylation is 1. The van der Waals surface area contributed by atoms with Gasteiger partial charge in [0.2, 0.25) is 5.65 Å². The maximum atomic E-state index is 5.82. The van der Waals surface area contributed by atoms with Crippen molar-refractivity contribution in [3.05, 3.63) is 41.3 Å². The van der Waals surface area contributed by atoms with Crippen LogP contribution in [-0.2, 0) is 0 Å². The second kappa shape index (κ2) is 4.24. The molecule has 0 fully saturated rings. The van der Waals surface area contributed by atoms with E-state index in [2.05, 4.69) is 20.5 Å². The summed E-state index contributed by atoms with van der Waals surface area (Å²) >= 11 is 1.56. The maximum Gasteiger partial charge on any atom is 0.327 e. The minimum absolute atomic E-state index is 0.363. The Morgan fingerprint density at radius 2 is 2.20 bits per heavy atom. The Hall–Kier alpha value is -2.54. The number of rotatable bonds is 2. The fourth-order valence-corrected chi connectivity index (χ4v) is 2.82. The molecule has 0 spiro atoms. The molecular formula is C13H9N5OS. The topological polar surface area (TPSA) is 65.2 Å². The van der Waals surface area contributed by atoms with Crippen LogP contribution < -0.4 is 4.74 Å². The van der Waals surface area contributed by atoms with E-state index in [0.717, 1.165) is 15.8 Å². The third-order valence-electron chi connectivity index (χ3n) is 2.91. The van der Waals surface area contributed by atoms with E-state index < -0.39 is 0 Å². The summed E-state index contributed by atoms with van der Waals surface area (Å²) in [5, 5.41) is 13.6. The Bertz CT molecular complexity index is 913. The first-order chi connectivity index (χ1) is 9.81. The number of fused-ring (bicyclic) bond motifs is 3. The van der Waals surface area contributed by atoms with Gasteiger partial charge in [-0.25, -0.2) is 0 Å². The molecule has 0 saturated carbocycles. The molecule has 4 rings (SSSR count). The highest BCUT2D eigenvalue weighted by Gasteiger charge is 2.13. The van der Waals surface area contributed by atoms with Gasteiger partial charge in [-0.15, -0.1) is 21.0 Å². The molecule has 0 saturated heterocycles. The van der Waals surface area contributed by atoms with Gasteiger partial charge >= 0.3 is 6.01 Å². The highest BCUT2D eigenvalue weighted by Crippen LogP contribution is 2.27. The number of benzene rings is 1. The van der Waals surface area contributed by atoms with Crippen LogP contribution in [0.5, 0.6) is 11.8 Å². The monoisotopic (exact) mass is 283 g/mol. The van der Waals surface area contributed by atoms with Crippen molar-refractivity contribution in [2.45, 2.75) is 6.92 Å². The van der Waals surface area contributed by atoms with Crippen LogP contribution in [0.15, 0.2) is 35.7 Å². The molecule has 0 aliphatic carbocycles. The van der Waals surface area contributed by atoms with Crippen molar-refractivity contribution < 1.29 is 4.74 Å². The minimum atomic E-state index is 0.363. The quantitative estimate of drug-likeness (QED) is 0.566. The van der Waals surface area contributed by atoms with Gasteiger partial charge in [0, 0.05) is 0 Å². The average Bonchev–Trinajstić information content (AvgIpc) is 3.06. The molecule has 20 heavy (non-hydrogen) atoms. The summed E-state index contributed by atoms with van der Waals surface area (Å²) in [6, 6.07) is 10.1. The normalized spacial score (nSPS) is 11.2. The van der Waals surface area contributed by atoms with Gasteiger partial charge in [-0.3, -0.25) is 0 Å². The van der Waals surface area contributed by atoms with E-state index in [1.54, 1.807) is 11.3 Å². The van der Waals surface area contributed by atoms with E-state index in [-0.39, 0.29) is 0 Å². The highest BCUT2D eigenvalue weighted by atomic mass is 32.1. The van der Waals surface area contributed by atoms with Gasteiger partial charge in [0.1, 0.15) is 5.75 Å². The summed E-state index contributed by atoms with van der Waals surface area (Å²) in [4.78, 5) is 4.47. The minimum Gasteiger partial charge on any atom is -0.424 e. The highest BCUT2D eigenvalue weighted by molar-refractivity contribution is 7.17. The van der Waals surface area contributed by atoms with Crippen molar-refractivity contribution in [3.63, 3.8) is 0 Å². The van der Waals surface area contributed by atoms with Gasteiger partial charge in [0.05, 0.1) is 10.2 Å². The van der Waals surface area contributed by atoms with Crippen LogP contribution in [0, 0.1) is 6.92 Å². The Kier molecular flexibility index (Phi) is 2.40. The predicted octanol–water partition coefficient (Wildman–Crippen LogP) is 2.83. The fraction of sp³-hybridized carbons (Fsp3) is 0.0769. The fourth-order valence-electron chi connectivity index (χ4n) is 2.02. The summed E-state index contributed by atoms with van der Waals surface area (Å²) in [7, 11) is 0. The molecule has 6 nitrogen and oxygen atoms in total. The molecule has 0 aliphatic rings. The molecule has 0 aliphatic heterocycles. The number of hydrogen-bond donors (Lipinski definition) is 0. The van der Waals surface area contributed by atoms with Crippen LogP contribution in [0.2, 0.25) is 0 Å². The summed E-state index contributed by atoms with van der Waals surface area (Å²) < 4.78 is 8.29. The van der Waals surface area contributed by atoms with E-state index in [4.69, 9.17) is 4.74 Å². The SMILES string of the molecule is Cc1cccc(Oc2nc3ccsc3c3nnnn23)c1. The zero-order valence-corrected chi connectivity index (χ0v) is 11.3. The summed E-state index contributed by atoms with van der Waals surface area (Å²) in [5.41, 5.74) is 2.61. The predicted molar refractivity (Wildman–Crippen MR) is 75.2 cm³/mol. The molecule has 98 valence electrons. The molecule has 4 aromatic rings. The first-order valence-corrected chi connectivity index (χ1v) is 6.89. The van der Waals surface area contributed by atoms with Gasteiger partial charge in [-0.05, 0) is 46.5 Å². The zero-order chi connectivity index (χ0) is 13.5. The number of thiophene rings is 1. The van der Waals surface area contributed by atoms with Crippen LogP contribution in [0.1, 0.15) is 5.56 Å². The lowest BCUT2D eigenvalue weighted by atomic mass is 10.2. The second-order valence-corrected chi connectivity index (χ2v) is 5.28. The Morgan fingerprint density at radius 3 is 3.10 bits per heavy atom. The lowest BCUT2D eigenvalue weighted by Gasteiger charge is -2.06. The lowest BCUT2D eigenvalue weighted by molar-refractivity contribution is 0.425. The average molecular weight is 283 g/mol. The van der Waals surface area contributed by atoms with Crippen molar-refractivity contribution >= 4 is 27.2 Å². The first-order valence-electron chi connectivity index (χ1n) is 6.01. The largest absolute Gasteiger partial charge is 0.424 e. The van der Waals surface area contributed by atoms with Crippen LogP contribution in [-0.4, -0.2) is 25.0 Å². The van der Waals surface area contributed by atoms with Gasteiger partial charge in [0.25, 0.3) is 0 Å². The van der Waals surface area contributed by atoms with E-state index in [9.17, 15) is 0 Å². The Morgan fingerprint density at radius 1 is 1.25 bits per heavy atom. The molecule has 3 heterocycles. The first kappa shape index (κ1) is 11.3. The number of tetrazole rings is 1. The van der Waals surface area contributed by atoms with Gasteiger partial charge in [-0.2, -0.15) is 4.98 Å². The summed E-state index contributed by atoms with van der Waals surface area (Å²) in [5.74, 6) is 0.712. The smallest absolute Gasteiger partial charge is 0.327 e. The molecule has 3 aromatic heterocycles. The van der Waals surface area contributed by atoms with Crippen molar-refractivity contribution in [2.24, 2.45) is 0 Å². The van der Waals surface area contributed by atoms with E-state index in [1.807, 2.05) is 42.6 Å². The van der Waals surface area contributed by atoms with E-state index >= 15 is 0 Å². The van der Waals surface area contributed by atoms with Crippen LogP contribution in [0.3, 0.4) is 0 Å². The standard InChI is InChI=1S/C13H9N5OS/c1-8-3-2-4-9(7-8)19-13-14-10-5-6-20-11(10)12-15-16-17-18(12)13/h2-7H,1H3. The Balaban J connectivity index is 1.91. The van der Waals surface area contributed by atoms with Crippen molar-refractivity contribution in [2.75, 3.05) is 0 Å². The van der Waals surface area contributed by atoms with Gasteiger partial charge < -0.3 is 4.74 Å². The third kappa shape index (κ3) is 1.71. The van der Waals surface area contributed by atoms with Gasteiger partial charge in [-0.1, -0.05) is 12.1 Å². The van der Waals surface area contributed by atoms with E-state index in [1.165, 1.54) is 4.52 Å². The van der Waals surface area contributed by atoms with Crippen LogP contribution in [0.4, 0.5) is 0 Å². The number of hydrogen-bond acceptors (Lipinski definition) is 6. The molecule has 0 N–H and O–H groups in total. The summed E-state index contributed by atoms with van der Waals surface area (Å²) in [6.45, 7) is 2.01. The molecule has 7 heteroatoms. The molecular weight excluding hydrogens is 274 g/mol. The summed E-state index contributed by atoms with van der Waals surface area (Å²) in [6.07, 6.45) is 0. The Labute approximate surface area is 117 Å². The zero-order valence-electron chi connectivity index (χ0n) is 10.5. The number of ether oxygens (including phenoxy) is 1. The number of aromatic nitrogens is 5. The lowest BCUT2D eigenvalue weighted by Crippen LogP contribution is -1.99. The number of nitrogens with zero attached hydrogens (tertiary/aromatic N) is 5. The van der Waals surface area contributed by atoms with E-state index in [0.29, 0.717) is 17.4 Å². The third-order valence-corrected chi connectivity index (χ3v) is 3.81. The molecule has 0 atom stereocenters. The second-order valence-electron chi connectivity index (χ2n) is 4.36. The molecule has 0 bridgehead atoms. The molecule has 0 unspecified atom stereocenters. The van der Waals surface area contributed by atoms with Crippen LogP contribution in [0.25, 0.3) is 15.9 Å². The van der Waals surface area contributed by atoms with Crippen molar-refractivity contribution in [1.82, 2.24) is 25.0 Å². The van der Waals surface area contributed by atoms with Gasteiger partial charge in [0.15, 0.2) is 0 Å². The van der Waals surface area contributed by atoms with Crippen molar-refractivity contribution in [3.8, 4) is 11.8 Å².